The molecule has 0 aliphatic heterocycles. The van der Waals surface area contributed by atoms with Gasteiger partial charge in [-0.3, -0.25) is 4.98 Å². The molecule has 0 saturated heterocycles. The zero-order chi connectivity index (χ0) is 11.9. The van der Waals surface area contributed by atoms with E-state index in [4.69, 9.17) is 4.42 Å². The Kier molecular flexibility index (Phi) is 4.33. The van der Waals surface area contributed by atoms with Crippen LogP contribution in [0.2, 0.25) is 0 Å². The van der Waals surface area contributed by atoms with Crippen molar-refractivity contribution in [3.05, 3.63) is 54.2 Å². The monoisotopic (exact) mass is 230 g/mol. The summed E-state index contributed by atoms with van der Waals surface area (Å²) in [5.41, 5.74) is 2.43. The van der Waals surface area contributed by atoms with Gasteiger partial charge < -0.3 is 9.73 Å². The molecule has 90 valence electrons. The van der Waals surface area contributed by atoms with Crippen molar-refractivity contribution in [2.75, 3.05) is 6.54 Å². The van der Waals surface area contributed by atoms with Crippen molar-refractivity contribution in [2.24, 2.45) is 0 Å². The fraction of sp³-hybridized carbons (Fsp3) is 0.357. The summed E-state index contributed by atoms with van der Waals surface area (Å²) in [5.74, 6) is 0. The Balaban J connectivity index is 2.08. The third-order valence-electron chi connectivity index (χ3n) is 2.75. The Morgan fingerprint density at radius 1 is 1.41 bits per heavy atom. The van der Waals surface area contributed by atoms with Crippen molar-refractivity contribution in [2.45, 2.75) is 25.8 Å². The van der Waals surface area contributed by atoms with Crippen LogP contribution in [0.3, 0.4) is 0 Å². The normalized spacial score (nSPS) is 12.5. The van der Waals surface area contributed by atoms with Crippen LogP contribution in [0.4, 0.5) is 0 Å². The highest BCUT2D eigenvalue weighted by Crippen LogP contribution is 2.17. The molecule has 0 fully saturated rings. The van der Waals surface area contributed by atoms with Crippen LogP contribution in [0.5, 0.6) is 0 Å². The zero-order valence-electron chi connectivity index (χ0n) is 10.1. The Bertz CT molecular complexity index is 411. The number of nitrogens with one attached hydrogen (secondary N) is 1. The maximum Gasteiger partial charge on any atom is 0.0935 e. The lowest BCUT2D eigenvalue weighted by Gasteiger charge is -2.17. The van der Waals surface area contributed by atoms with Crippen molar-refractivity contribution in [1.82, 2.24) is 10.3 Å². The first-order valence-electron chi connectivity index (χ1n) is 6.04. The zero-order valence-corrected chi connectivity index (χ0v) is 10.1. The highest BCUT2D eigenvalue weighted by molar-refractivity contribution is 5.18. The average Bonchev–Trinajstić information content (AvgIpc) is 2.88. The van der Waals surface area contributed by atoms with E-state index < -0.39 is 0 Å². The van der Waals surface area contributed by atoms with Crippen molar-refractivity contribution < 1.29 is 4.42 Å². The molecular formula is C14H18N2O. The second kappa shape index (κ2) is 6.21. The lowest BCUT2D eigenvalue weighted by molar-refractivity contribution is 0.519. The molecule has 0 radical (unpaired) electrons. The van der Waals surface area contributed by atoms with Gasteiger partial charge in [0, 0.05) is 18.4 Å². The van der Waals surface area contributed by atoms with E-state index in [2.05, 4.69) is 23.3 Å². The van der Waals surface area contributed by atoms with Gasteiger partial charge in [-0.1, -0.05) is 13.0 Å². The third kappa shape index (κ3) is 3.43. The lowest BCUT2D eigenvalue weighted by atomic mass is 10.0. The first-order chi connectivity index (χ1) is 8.40. The Labute approximate surface area is 102 Å². The molecule has 2 rings (SSSR count). The summed E-state index contributed by atoms with van der Waals surface area (Å²) in [7, 11) is 0. The molecule has 17 heavy (non-hydrogen) atoms. The van der Waals surface area contributed by atoms with E-state index in [9.17, 15) is 0 Å². The lowest BCUT2D eigenvalue weighted by Crippen LogP contribution is -2.24. The fourth-order valence-corrected chi connectivity index (χ4v) is 1.85. The van der Waals surface area contributed by atoms with Gasteiger partial charge in [0.25, 0.3) is 0 Å². The maximum atomic E-state index is 5.11. The van der Waals surface area contributed by atoms with E-state index in [0.717, 1.165) is 19.4 Å². The number of hydrogen-bond acceptors (Lipinski definition) is 3. The SMILES string of the molecule is CCCNC(Cc1ccoc1)c1cccnc1. The molecule has 0 bridgehead atoms. The van der Waals surface area contributed by atoms with Crippen LogP contribution in [0.1, 0.15) is 30.5 Å². The van der Waals surface area contributed by atoms with Gasteiger partial charge in [-0.15, -0.1) is 0 Å². The second-order valence-corrected chi connectivity index (χ2v) is 4.13. The van der Waals surface area contributed by atoms with E-state index in [1.807, 2.05) is 18.3 Å². The van der Waals surface area contributed by atoms with Gasteiger partial charge in [0.05, 0.1) is 12.5 Å². The van der Waals surface area contributed by atoms with E-state index in [-0.39, 0.29) is 0 Å². The molecule has 2 aromatic heterocycles. The Hall–Kier alpha value is -1.61. The molecular weight excluding hydrogens is 212 g/mol. The number of furan rings is 1. The smallest absolute Gasteiger partial charge is 0.0935 e. The van der Waals surface area contributed by atoms with Crippen molar-refractivity contribution >= 4 is 0 Å². The van der Waals surface area contributed by atoms with Gasteiger partial charge in [-0.05, 0) is 42.6 Å². The summed E-state index contributed by atoms with van der Waals surface area (Å²) in [6.07, 6.45) is 9.31. The number of hydrogen-bond donors (Lipinski definition) is 1. The summed E-state index contributed by atoms with van der Waals surface area (Å²) >= 11 is 0. The van der Waals surface area contributed by atoms with Crippen LogP contribution in [-0.2, 0) is 6.42 Å². The van der Waals surface area contributed by atoms with Crippen LogP contribution in [0.15, 0.2) is 47.5 Å². The molecule has 1 unspecified atom stereocenters. The van der Waals surface area contributed by atoms with Gasteiger partial charge in [-0.2, -0.15) is 0 Å². The van der Waals surface area contributed by atoms with E-state index in [1.165, 1.54) is 11.1 Å². The van der Waals surface area contributed by atoms with Crippen molar-refractivity contribution in [3.63, 3.8) is 0 Å². The van der Waals surface area contributed by atoms with E-state index >= 15 is 0 Å². The fourth-order valence-electron chi connectivity index (χ4n) is 1.85. The summed E-state index contributed by atoms with van der Waals surface area (Å²) in [4.78, 5) is 4.18. The predicted octanol–water partition coefficient (Wildman–Crippen LogP) is 2.96. The summed E-state index contributed by atoms with van der Waals surface area (Å²) in [5, 5.41) is 3.54. The Morgan fingerprint density at radius 3 is 3.00 bits per heavy atom. The van der Waals surface area contributed by atoms with Gasteiger partial charge >= 0.3 is 0 Å². The molecule has 0 saturated carbocycles. The van der Waals surface area contributed by atoms with Crippen LogP contribution >= 0.6 is 0 Å². The molecule has 0 aliphatic rings. The first kappa shape index (κ1) is 11.9. The van der Waals surface area contributed by atoms with E-state index in [1.54, 1.807) is 18.7 Å². The number of pyridine rings is 1. The number of aromatic nitrogens is 1. The van der Waals surface area contributed by atoms with Crippen molar-refractivity contribution in [3.8, 4) is 0 Å². The van der Waals surface area contributed by atoms with E-state index in [0.29, 0.717) is 6.04 Å². The molecule has 1 atom stereocenters. The molecule has 3 heteroatoms. The molecule has 0 spiro atoms. The molecule has 1 N–H and O–H groups in total. The quantitative estimate of drug-likeness (QED) is 0.829. The average molecular weight is 230 g/mol. The molecule has 0 aromatic carbocycles. The van der Waals surface area contributed by atoms with Gasteiger partial charge in [0.1, 0.15) is 0 Å². The summed E-state index contributed by atoms with van der Waals surface area (Å²) < 4.78 is 5.11. The van der Waals surface area contributed by atoms with Gasteiger partial charge in [-0.25, -0.2) is 0 Å². The van der Waals surface area contributed by atoms with Crippen LogP contribution in [-0.4, -0.2) is 11.5 Å². The molecule has 2 heterocycles. The van der Waals surface area contributed by atoms with Crippen LogP contribution < -0.4 is 5.32 Å². The maximum absolute atomic E-state index is 5.11. The molecule has 0 amide bonds. The minimum absolute atomic E-state index is 0.307. The highest BCUT2D eigenvalue weighted by Gasteiger charge is 2.11. The summed E-state index contributed by atoms with van der Waals surface area (Å²) in [6.45, 7) is 3.18. The van der Waals surface area contributed by atoms with Crippen LogP contribution in [0.25, 0.3) is 0 Å². The minimum Gasteiger partial charge on any atom is -0.472 e. The highest BCUT2D eigenvalue weighted by atomic mass is 16.3. The number of rotatable bonds is 6. The standard InChI is InChI=1S/C14H18N2O/c1-2-6-16-14(9-12-5-8-17-11-12)13-4-3-7-15-10-13/h3-5,7-8,10-11,14,16H,2,6,9H2,1H3. The Morgan fingerprint density at radius 2 is 2.35 bits per heavy atom. The first-order valence-corrected chi connectivity index (χ1v) is 6.04. The molecule has 3 nitrogen and oxygen atoms in total. The minimum atomic E-state index is 0.307. The predicted molar refractivity (Wildman–Crippen MR) is 67.7 cm³/mol. The molecule has 2 aromatic rings. The molecule has 0 aliphatic carbocycles. The topological polar surface area (TPSA) is 38.1 Å². The number of nitrogens with zero attached hydrogens (tertiary/aromatic N) is 1. The van der Waals surface area contributed by atoms with Crippen molar-refractivity contribution in [1.29, 1.82) is 0 Å². The third-order valence-corrected chi connectivity index (χ3v) is 2.75. The van der Waals surface area contributed by atoms with Crippen LogP contribution in [0, 0.1) is 0 Å². The van der Waals surface area contributed by atoms with Gasteiger partial charge in [0.15, 0.2) is 0 Å². The van der Waals surface area contributed by atoms with Gasteiger partial charge in [0.2, 0.25) is 0 Å². The second-order valence-electron chi connectivity index (χ2n) is 4.13. The largest absolute Gasteiger partial charge is 0.472 e. The summed E-state index contributed by atoms with van der Waals surface area (Å²) in [6, 6.07) is 6.41.